The van der Waals surface area contributed by atoms with Gasteiger partial charge in [-0.3, -0.25) is 14.9 Å². The first-order valence-corrected chi connectivity index (χ1v) is 9.17. The third-order valence-corrected chi connectivity index (χ3v) is 4.98. The van der Waals surface area contributed by atoms with Gasteiger partial charge in [0.05, 0.1) is 11.2 Å². The van der Waals surface area contributed by atoms with Crippen LogP contribution in [0, 0.1) is 10.1 Å². The Kier molecular flexibility index (Phi) is 5.98. The van der Waals surface area contributed by atoms with Crippen LogP contribution in [0.15, 0.2) is 41.0 Å². The quantitative estimate of drug-likeness (QED) is 0.596. The van der Waals surface area contributed by atoms with E-state index in [1.807, 2.05) is 29.3 Å². The standard InChI is InChI=1S/C18H21ClN4O4/c1-13(17-3-2-10-27-17)20-12-18(24)22-8-6-21(7-9-22)15-5-4-14(19)11-16(15)23(25)26/h2-5,10-11,13,20H,6-9,12H2,1H3/p+1/t13-/m0/s1. The summed E-state index contributed by atoms with van der Waals surface area (Å²) in [6.07, 6.45) is 1.62. The predicted molar refractivity (Wildman–Crippen MR) is 101 cm³/mol. The number of halogens is 1. The minimum absolute atomic E-state index is 0.0112. The number of anilines is 1. The van der Waals surface area contributed by atoms with Crippen molar-refractivity contribution in [2.45, 2.75) is 13.0 Å². The summed E-state index contributed by atoms with van der Waals surface area (Å²) in [5, 5.41) is 13.6. The number of nitro groups is 1. The Labute approximate surface area is 161 Å². The number of benzene rings is 1. The minimum atomic E-state index is -0.427. The van der Waals surface area contributed by atoms with Crippen molar-refractivity contribution in [2.24, 2.45) is 0 Å². The molecule has 3 rings (SSSR count). The van der Waals surface area contributed by atoms with Gasteiger partial charge in [-0.15, -0.1) is 0 Å². The lowest BCUT2D eigenvalue weighted by Gasteiger charge is -2.35. The van der Waals surface area contributed by atoms with Crippen LogP contribution in [0.5, 0.6) is 0 Å². The summed E-state index contributed by atoms with van der Waals surface area (Å²) in [4.78, 5) is 27.0. The van der Waals surface area contributed by atoms with Crippen LogP contribution in [0.4, 0.5) is 11.4 Å². The van der Waals surface area contributed by atoms with E-state index in [9.17, 15) is 14.9 Å². The SMILES string of the molecule is C[C@H]([NH2+]CC(=O)N1CCN(c2ccc(Cl)cc2[N+](=O)[O-])CC1)c1ccco1. The van der Waals surface area contributed by atoms with Gasteiger partial charge in [0.25, 0.3) is 11.6 Å². The number of nitro benzene ring substituents is 1. The maximum atomic E-state index is 12.5. The minimum Gasteiger partial charge on any atom is -0.463 e. The Hall–Kier alpha value is -2.58. The predicted octanol–water partition coefficient (Wildman–Crippen LogP) is 1.81. The summed E-state index contributed by atoms with van der Waals surface area (Å²) in [6.45, 7) is 4.47. The first-order chi connectivity index (χ1) is 13.0. The van der Waals surface area contributed by atoms with Gasteiger partial charge < -0.3 is 19.5 Å². The van der Waals surface area contributed by atoms with E-state index in [2.05, 4.69) is 0 Å². The van der Waals surface area contributed by atoms with Crippen LogP contribution < -0.4 is 10.2 Å². The Morgan fingerprint density at radius 2 is 2.07 bits per heavy atom. The molecule has 1 atom stereocenters. The number of nitrogens with zero attached hydrogens (tertiary/aromatic N) is 3. The number of hydrogen-bond acceptors (Lipinski definition) is 5. The fourth-order valence-electron chi connectivity index (χ4n) is 3.18. The summed E-state index contributed by atoms with van der Waals surface area (Å²) in [5.74, 6) is 0.890. The van der Waals surface area contributed by atoms with Crippen molar-refractivity contribution in [1.82, 2.24) is 4.90 Å². The molecule has 0 saturated carbocycles. The topological polar surface area (TPSA) is 96.4 Å². The summed E-state index contributed by atoms with van der Waals surface area (Å²) in [6, 6.07) is 8.46. The highest BCUT2D eigenvalue weighted by atomic mass is 35.5. The van der Waals surface area contributed by atoms with E-state index in [-0.39, 0.29) is 17.6 Å². The lowest BCUT2D eigenvalue weighted by molar-refractivity contribution is -0.685. The van der Waals surface area contributed by atoms with Crippen LogP contribution in [-0.4, -0.2) is 48.5 Å². The normalized spacial score (nSPS) is 15.6. The van der Waals surface area contributed by atoms with Crippen molar-refractivity contribution >= 4 is 28.9 Å². The van der Waals surface area contributed by atoms with Crippen LogP contribution >= 0.6 is 11.6 Å². The largest absolute Gasteiger partial charge is 0.463 e. The zero-order chi connectivity index (χ0) is 19.4. The van der Waals surface area contributed by atoms with Gasteiger partial charge in [0.15, 0.2) is 12.3 Å². The monoisotopic (exact) mass is 393 g/mol. The van der Waals surface area contributed by atoms with Crippen molar-refractivity contribution in [3.8, 4) is 0 Å². The molecule has 2 N–H and O–H groups in total. The van der Waals surface area contributed by atoms with E-state index in [0.29, 0.717) is 43.4 Å². The van der Waals surface area contributed by atoms with Crippen molar-refractivity contribution in [1.29, 1.82) is 0 Å². The van der Waals surface area contributed by atoms with Crippen molar-refractivity contribution < 1.29 is 19.5 Å². The summed E-state index contributed by atoms with van der Waals surface area (Å²) < 4.78 is 5.35. The molecular weight excluding hydrogens is 372 g/mol. The van der Waals surface area contributed by atoms with E-state index in [1.54, 1.807) is 23.3 Å². The molecule has 8 nitrogen and oxygen atoms in total. The lowest BCUT2D eigenvalue weighted by Crippen LogP contribution is -2.87. The third kappa shape index (κ3) is 4.58. The first kappa shape index (κ1) is 19.2. The highest BCUT2D eigenvalue weighted by molar-refractivity contribution is 6.30. The molecule has 1 saturated heterocycles. The Bertz CT molecular complexity index is 804. The Morgan fingerprint density at radius 1 is 1.33 bits per heavy atom. The Morgan fingerprint density at radius 3 is 2.70 bits per heavy atom. The molecule has 1 aromatic heterocycles. The molecule has 9 heteroatoms. The third-order valence-electron chi connectivity index (χ3n) is 4.75. The fourth-order valence-corrected chi connectivity index (χ4v) is 3.35. The summed E-state index contributed by atoms with van der Waals surface area (Å²) in [5.41, 5.74) is 0.525. The molecule has 0 aliphatic carbocycles. The molecular formula is C18H22ClN4O4+. The molecule has 0 unspecified atom stereocenters. The van der Waals surface area contributed by atoms with E-state index < -0.39 is 4.92 Å². The van der Waals surface area contributed by atoms with Gasteiger partial charge in [0.1, 0.15) is 11.7 Å². The zero-order valence-corrected chi connectivity index (χ0v) is 15.8. The second-order valence-electron chi connectivity index (χ2n) is 6.50. The number of quaternary nitrogens is 1. The second kappa shape index (κ2) is 8.41. The van der Waals surface area contributed by atoms with E-state index in [4.69, 9.17) is 16.0 Å². The fraction of sp³-hybridized carbons (Fsp3) is 0.389. The smallest absolute Gasteiger partial charge is 0.294 e. The molecule has 2 aromatic rings. The molecule has 0 spiro atoms. The number of amides is 1. The number of rotatable bonds is 6. The van der Waals surface area contributed by atoms with Crippen LogP contribution in [0.25, 0.3) is 0 Å². The second-order valence-corrected chi connectivity index (χ2v) is 6.94. The molecule has 2 heterocycles. The van der Waals surface area contributed by atoms with Gasteiger partial charge in [0, 0.05) is 37.3 Å². The number of nitrogens with two attached hydrogens (primary N) is 1. The number of hydrogen-bond donors (Lipinski definition) is 1. The zero-order valence-electron chi connectivity index (χ0n) is 15.0. The van der Waals surface area contributed by atoms with E-state index >= 15 is 0 Å². The van der Waals surface area contributed by atoms with Crippen LogP contribution in [0.2, 0.25) is 5.02 Å². The highest BCUT2D eigenvalue weighted by Gasteiger charge is 2.27. The molecule has 144 valence electrons. The van der Waals surface area contributed by atoms with Gasteiger partial charge in [-0.05, 0) is 31.2 Å². The molecule has 1 fully saturated rings. The van der Waals surface area contributed by atoms with Crippen molar-refractivity contribution in [3.05, 3.63) is 57.5 Å². The van der Waals surface area contributed by atoms with Gasteiger partial charge in [-0.1, -0.05) is 11.6 Å². The lowest BCUT2D eigenvalue weighted by atomic mass is 10.2. The molecule has 27 heavy (non-hydrogen) atoms. The maximum Gasteiger partial charge on any atom is 0.294 e. The van der Waals surface area contributed by atoms with E-state index in [0.717, 1.165) is 5.76 Å². The summed E-state index contributed by atoms with van der Waals surface area (Å²) >= 11 is 5.88. The van der Waals surface area contributed by atoms with Gasteiger partial charge in [0.2, 0.25) is 0 Å². The van der Waals surface area contributed by atoms with E-state index in [1.165, 1.54) is 6.07 Å². The average molecular weight is 394 g/mol. The van der Waals surface area contributed by atoms with Crippen LogP contribution in [-0.2, 0) is 4.79 Å². The molecule has 1 aliphatic rings. The Balaban J connectivity index is 1.54. The molecule has 1 amide bonds. The van der Waals surface area contributed by atoms with Gasteiger partial charge in [-0.25, -0.2) is 0 Å². The number of carbonyl (C=O) groups is 1. The van der Waals surface area contributed by atoms with Gasteiger partial charge >= 0.3 is 0 Å². The molecule has 0 radical (unpaired) electrons. The number of carbonyl (C=O) groups excluding carboxylic acids is 1. The highest BCUT2D eigenvalue weighted by Crippen LogP contribution is 2.31. The first-order valence-electron chi connectivity index (χ1n) is 8.79. The number of piperazine rings is 1. The molecule has 0 bridgehead atoms. The molecule has 1 aromatic carbocycles. The molecule has 1 aliphatic heterocycles. The average Bonchev–Trinajstić information content (AvgIpc) is 3.21. The van der Waals surface area contributed by atoms with Crippen LogP contribution in [0.3, 0.4) is 0 Å². The van der Waals surface area contributed by atoms with Crippen molar-refractivity contribution in [2.75, 3.05) is 37.6 Å². The maximum absolute atomic E-state index is 12.5. The van der Waals surface area contributed by atoms with Crippen LogP contribution in [0.1, 0.15) is 18.7 Å². The summed E-state index contributed by atoms with van der Waals surface area (Å²) in [7, 11) is 0. The number of furan rings is 1. The van der Waals surface area contributed by atoms with Crippen molar-refractivity contribution in [3.63, 3.8) is 0 Å². The van der Waals surface area contributed by atoms with Gasteiger partial charge in [-0.2, -0.15) is 0 Å².